The number of H-pyrrole nitrogens is 1. The van der Waals surface area contributed by atoms with Crippen molar-refractivity contribution in [2.24, 2.45) is 5.92 Å². The summed E-state index contributed by atoms with van der Waals surface area (Å²) in [6.45, 7) is 2.89. The maximum absolute atomic E-state index is 13.3. The highest BCUT2D eigenvalue weighted by Crippen LogP contribution is 2.47. The second-order valence-corrected chi connectivity index (χ2v) is 5.92. The normalized spacial score (nSPS) is 19.6. The number of amides is 1. The molecule has 0 saturated heterocycles. The van der Waals surface area contributed by atoms with E-state index < -0.39 is 11.6 Å². The number of hydrogen-bond acceptors (Lipinski definition) is 3. The quantitative estimate of drug-likeness (QED) is 0.824. The maximum Gasteiger partial charge on any atom is 0.224 e. The van der Waals surface area contributed by atoms with E-state index in [1.165, 1.54) is 6.07 Å². The zero-order valence-corrected chi connectivity index (χ0v) is 13.3. The van der Waals surface area contributed by atoms with Crippen molar-refractivity contribution in [1.29, 1.82) is 0 Å². The molecule has 1 aromatic heterocycles. The van der Waals surface area contributed by atoms with Crippen molar-refractivity contribution in [3.05, 3.63) is 46.0 Å². The number of halogens is 2. The van der Waals surface area contributed by atoms with Crippen LogP contribution in [-0.2, 0) is 17.9 Å². The number of rotatable bonds is 5. The maximum atomic E-state index is 13.3. The van der Waals surface area contributed by atoms with Gasteiger partial charge in [-0.25, -0.2) is 8.78 Å². The molecule has 1 aromatic carbocycles. The van der Waals surface area contributed by atoms with Crippen LogP contribution in [0.25, 0.3) is 0 Å². The fraction of sp³-hybridized carbons (Fsp3) is 0.400. The van der Waals surface area contributed by atoms with Crippen LogP contribution in [0.3, 0.4) is 0 Å². The Morgan fingerprint density at radius 2 is 2.26 bits per heavy atom. The molecule has 8 heteroatoms. The highest BCUT2D eigenvalue weighted by Gasteiger charge is 2.44. The Labute approximate surface area is 136 Å². The number of carbonyl (C=O) groups is 1. The molecule has 2 atom stereocenters. The van der Waals surface area contributed by atoms with E-state index in [1.807, 2.05) is 6.92 Å². The van der Waals surface area contributed by atoms with Crippen LogP contribution in [0.1, 0.15) is 30.7 Å². The molecule has 0 spiro atoms. The first-order chi connectivity index (χ1) is 11.0. The van der Waals surface area contributed by atoms with Gasteiger partial charge in [0.05, 0.1) is 6.54 Å². The van der Waals surface area contributed by atoms with Gasteiger partial charge in [0.15, 0.2) is 22.2 Å². The number of aromatic nitrogens is 3. The zero-order valence-electron chi connectivity index (χ0n) is 12.5. The molecular formula is C15H16F2N4OS. The fourth-order valence-electron chi connectivity index (χ4n) is 2.70. The fourth-order valence-corrected chi connectivity index (χ4v) is 2.98. The molecule has 0 radical (unpaired) electrons. The van der Waals surface area contributed by atoms with E-state index in [0.717, 1.165) is 12.1 Å². The molecular weight excluding hydrogens is 322 g/mol. The van der Waals surface area contributed by atoms with Crippen LogP contribution >= 0.6 is 12.2 Å². The van der Waals surface area contributed by atoms with Crippen molar-refractivity contribution in [2.75, 3.05) is 0 Å². The molecule has 1 aliphatic rings. The van der Waals surface area contributed by atoms with Gasteiger partial charge in [-0.15, -0.1) is 0 Å². The average molecular weight is 338 g/mol. The monoisotopic (exact) mass is 338 g/mol. The van der Waals surface area contributed by atoms with Crippen molar-refractivity contribution in [2.45, 2.75) is 32.4 Å². The Balaban J connectivity index is 1.60. The highest BCUT2D eigenvalue weighted by atomic mass is 32.1. The summed E-state index contributed by atoms with van der Waals surface area (Å²) in [5.74, 6) is -1.48. The van der Waals surface area contributed by atoms with Gasteiger partial charge >= 0.3 is 0 Å². The molecule has 1 aliphatic carbocycles. The molecule has 1 amide bonds. The molecule has 0 aliphatic heterocycles. The molecule has 3 rings (SSSR count). The van der Waals surface area contributed by atoms with E-state index >= 15 is 0 Å². The predicted molar refractivity (Wildman–Crippen MR) is 82.1 cm³/mol. The zero-order chi connectivity index (χ0) is 16.6. The van der Waals surface area contributed by atoms with Gasteiger partial charge in [0.1, 0.15) is 0 Å². The number of aromatic amines is 1. The molecule has 0 unspecified atom stereocenters. The molecule has 122 valence electrons. The lowest BCUT2D eigenvalue weighted by Gasteiger charge is -2.06. The summed E-state index contributed by atoms with van der Waals surface area (Å²) in [7, 11) is 0. The molecule has 2 N–H and O–H groups in total. The molecule has 23 heavy (non-hydrogen) atoms. The number of hydrogen-bond donors (Lipinski definition) is 2. The number of benzene rings is 1. The Hall–Kier alpha value is -2.09. The minimum atomic E-state index is -0.882. The molecule has 1 fully saturated rings. The van der Waals surface area contributed by atoms with Gasteiger partial charge < -0.3 is 9.88 Å². The predicted octanol–water partition coefficient (Wildman–Crippen LogP) is 2.66. The largest absolute Gasteiger partial charge is 0.349 e. The van der Waals surface area contributed by atoms with E-state index in [0.29, 0.717) is 29.1 Å². The van der Waals surface area contributed by atoms with Crippen molar-refractivity contribution in [3.63, 3.8) is 0 Å². The Bertz CT molecular complexity index is 801. The smallest absolute Gasteiger partial charge is 0.224 e. The third-order valence-corrected chi connectivity index (χ3v) is 4.38. The third-order valence-electron chi connectivity index (χ3n) is 4.07. The van der Waals surface area contributed by atoms with E-state index in [-0.39, 0.29) is 24.3 Å². The molecule has 2 aromatic rings. The van der Waals surface area contributed by atoms with Gasteiger partial charge in [-0.3, -0.25) is 9.89 Å². The minimum Gasteiger partial charge on any atom is -0.349 e. The van der Waals surface area contributed by atoms with Crippen LogP contribution in [0, 0.1) is 22.3 Å². The lowest BCUT2D eigenvalue weighted by atomic mass is 10.1. The summed E-state index contributed by atoms with van der Waals surface area (Å²) >= 11 is 5.09. The number of nitrogens with zero attached hydrogens (tertiary/aromatic N) is 2. The van der Waals surface area contributed by atoms with Gasteiger partial charge in [0, 0.05) is 12.5 Å². The first-order valence-corrected chi connectivity index (χ1v) is 7.78. The summed E-state index contributed by atoms with van der Waals surface area (Å²) < 4.78 is 28.5. The molecule has 1 saturated carbocycles. The van der Waals surface area contributed by atoms with Crippen LogP contribution in [0.5, 0.6) is 0 Å². The van der Waals surface area contributed by atoms with Crippen LogP contribution in [0.4, 0.5) is 8.78 Å². The Morgan fingerprint density at radius 1 is 1.48 bits per heavy atom. The molecule has 5 nitrogen and oxygen atoms in total. The van der Waals surface area contributed by atoms with Gasteiger partial charge in [-0.1, -0.05) is 6.07 Å². The first-order valence-electron chi connectivity index (χ1n) is 7.38. The Kier molecular flexibility index (Phi) is 4.25. The summed E-state index contributed by atoms with van der Waals surface area (Å²) in [5.41, 5.74) is 0.653. The van der Waals surface area contributed by atoms with Crippen molar-refractivity contribution in [1.82, 2.24) is 20.1 Å². The number of nitrogens with one attached hydrogen (secondary N) is 2. The topological polar surface area (TPSA) is 62.7 Å². The Morgan fingerprint density at radius 3 is 2.96 bits per heavy atom. The summed E-state index contributed by atoms with van der Waals surface area (Å²) in [4.78, 5) is 12.2. The van der Waals surface area contributed by atoms with Crippen molar-refractivity contribution < 1.29 is 13.6 Å². The van der Waals surface area contributed by atoms with Crippen LogP contribution < -0.4 is 5.32 Å². The minimum absolute atomic E-state index is 0.0582. The van der Waals surface area contributed by atoms with Crippen LogP contribution in [0.15, 0.2) is 18.2 Å². The van der Waals surface area contributed by atoms with E-state index in [4.69, 9.17) is 12.2 Å². The SMILES string of the molecule is CCn1c(CNC(=O)[C@H]2C[C@H]2c2ccc(F)c(F)c2)n[nH]c1=S. The standard InChI is InChI=1S/C15H16F2N4OS/c1-2-21-13(19-20-15(21)23)7-18-14(22)10-6-9(10)8-3-4-11(16)12(17)5-8/h3-5,9-10H,2,6-7H2,1H3,(H,18,22)(H,20,23)/t9-,10-/m0/s1. The first kappa shape index (κ1) is 15.8. The van der Waals surface area contributed by atoms with Gasteiger partial charge in [-0.2, -0.15) is 5.10 Å². The third kappa shape index (κ3) is 3.17. The van der Waals surface area contributed by atoms with E-state index in [2.05, 4.69) is 15.5 Å². The van der Waals surface area contributed by atoms with Crippen LogP contribution in [-0.4, -0.2) is 20.7 Å². The summed E-state index contributed by atoms with van der Waals surface area (Å²) in [5, 5.41) is 9.59. The number of carbonyl (C=O) groups excluding carboxylic acids is 1. The van der Waals surface area contributed by atoms with Crippen molar-refractivity contribution in [3.8, 4) is 0 Å². The van der Waals surface area contributed by atoms with E-state index in [9.17, 15) is 13.6 Å². The van der Waals surface area contributed by atoms with Gasteiger partial charge in [0.2, 0.25) is 5.91 Å². The molecule has 0 bridgehead atoms. The lowest BCUT2D eigenvalue weighted by molar-refractivity contribution is -0.122. The highest BCUT2D eigenvalue weighted by molar-refractivity contribution is 7.71. The van der Waals surface area contributed by atoms with Gasteiger partial charge in [-0.05, 0) is 49.2 Å². The van der Waals surface area contributed by atoms with E-state index in [1.54, 1.807) is 4.57 Å². The lowest BCUT2D eigenvalue weighted by Crippen LogP contribution is -2.26. The summed E-state index contributed by atoms with van der Waals surface area (Å²) in [6, 6.07) is 3.78. The second-order valence-electron chi connectivity index (χ2n) is 5.53. The molecule has 1 heterocycles. The van der Waals surface area contributed by atoms with Crippen molar-refractivity contribution >= 4 is 18.1 Å². The second kappa shape index (κ2) is 6.19. The van der Waals surface area contributed by atoms with Gasteiger partial charge in [0.25, 0.3) is 0 Å². The average Bonchev–Trinajstić information content (AvgIpc) is 3.25. The summed E-state index contributed by atoms with van der Waals surface area (Å²) in [6.07, 6.45) is 0.636. The van der Waals surface area contributed by atoms with Crippen LogP contribution in [0.2, 0.25) is 0 Å².